The zero-order valence-corrected chi connectivity index (χ0v) is 19.1. The van der Waals surface area contributed by atoms with E-state index >= 15 is 0 Å². The van der Waals surface area contributed by atoms with Crippen molar-refractivity contribution in [1.29, 1.82) is 0 Å². The summed E-state index contributed by atoms with van der Waals surface area (Å²) >= 11 is 14.9. The molecular formula is C20H29N3S4. The van der Waals surface area contributed by atoms with Gasteiger partial charge in [-0.15, -0.1) is 0 Å². The second kappa shape index (κ2) is 11.6. The molecule has 0 spiro atoms. The molecule has 2 fully saturated rings. The van der Waals surface area contributed by atoms with Gasteiger partial charge >= 0.3 is 0 Å². The van der Waals surface area contributed by atoms with Gasteiger partial charge in [0.25, 0.3) is 0 Å². The first-order valence-corrected chi connectivity index (χ1v) is 12.6. The molecule has 0 saturated carbocycles. The SMILES string of the molecule is S=C(SCCN1CCCCC1)N1CCN(C(=S)SCc2ccccc2)CC1. The van der Waals surface area contributed by atoms with Gasteiger partial charge in [0.1, 0.15) is 8.64 Å². The standard InChI is InChI=1S/C20H29N3S4/c24-19(26-16-15-21-9-5-2-6-10-21)22-11-13-23(14-12-22)20(25)27-17-18-7-3-1-4-8-18/h1,3-4,7-8H,2,5-6,9-17H2. The summed E-state index contributed by atoms with van der Waals surface area (Å²) in [5, 5.41) is 0. The normalized spacial score (nSPS) is 18.5. The quantitative estimate of drug-likeness (QED) is 0.624. The summed E-state index contributed by atoms with van der Waals surface area (Å²) in [6.07, 6.45) is 4.12. The molecule has 3 rings (SSSR count). The van der Waals surface area contributed by atoms with E-state index in [1.165, 1.54) is 44.5 Å². The number of benzene rings is 1. The highest BCUT2D eigenvalue weighted by Crippen LogP contribution is 2.20. The van der Waals surface area contributed by atoms with Crippen molar-refractivity contribution in [2.45, 2.75) is 25.0 Å². The van der Waals surface area contributed by atoms with E-state index in [-0.39, 0.29) is 0 Å². The largest absolute Gasteiger partial charge is 0.354 e. The Balaban J connectivity index is 1.31. The molecule has 0 unspecified atom stereocenters. The summed E-state index contributed by atoms with van der Waals surface area (Å²) in [6, 6.07) is 10.5. The van der Waals surface area contributed by atoms with E-state index in [4.69, 9.17) is 24.4 Å². The fourth-order valence-corrected chi connectivity index (χ4v) is 5.95. The van der Waals surface area contributed by atoms with Gasteiger partial charge in [-0.05, 0) is 31.5 Å². The van der Waals surface area contributed by atoms with Crippen molar-refractivity contribution in [1.82, 2.24) is 14.7 Å². The number of thiocarbonyl (C=S) groups is 2. The number of likely N-dealkylation sites (tertiary alicyclic amines) is 1. The van der Waals surface area contributed by atoms with Crippen LogP contribution in [0.2, 0.25) is 0 Å². The lowest BCUT2D eigenvalue weighted by atomic mass is 10.1. The third kappa shape index (κ3) is 7.20. The first-order valence-electron chi connectivity index (χ1n) is 9.82. The van der Waals surface area contributed by atoms with Crippen LogP contribution in [0.1, 0.15) is 24.8 Å². The maximum absolute atomic E-state index is 5.67. The molecule has 7 heteroatoms. The van der Waals surface area contributed by atoms with E-state index in [9.17, 15) is 0 Å². The highest BCUT2D eigenvalue weighted by molar-refractivity contribution is 8.23. The van der Waals surface area contributed by atoms with Crippen LogP contribution in [0.4, 0.5) is 0 Å². The van der Waals surface area contributed by atoms with Crippen LogP contribution in [-0.2, 0) is 5.75 Å². The third-order valence-electron chi connectivity index (χ3n) is 5.08. The van der Waals surface area contributed by atoms with E-state index in [1.807, 2.05) is 11.8 Å². The maximum Gasteiger partial charge on any atom is 0.136 e. The van der Waals surface area contributed by atoms with Gasteiger partial charge in [-0.25, -0.2) is 0 Å². The Labute approximate surface area is 183 Å². The number of piperazine rings is 1. The average molecular weight is 440 g/mol. The predicted octanol–water partition coefficient (Wildman–Crippen LogP) is 4.33. The van der Waals surface area contributed by atoms with Crippen molar-refractivity contribution >= 4 is 56.6 Å². The summed E-state index contributed by atoms with van der Waals surface area (Å²) in [5.41, 5.74) is 1.33. The Morgan fingerprint density at radius 3 is 2.00 bits per heavy atom. The zero-order valence-electron chi connectivity index (χ0n) is 15.8. The summed E-state index contributed by atoms with van der Waals surface area (Å²) in [6.45, 7) is 7.64. The molecule has 0 N–H and O–H groups in total. The summed E-state index contributed by atoms with van der Waals surface area (Å²) in [7, 11) is 0. The summed E-state index contributed by atoms with van der Waals surface area (Å²) < 4.78 is 2.08. The molecule has 148 valence electrons. The van der Waals surface area contributed by atoms with Crippen molar-refractivity contribution < 1.29 is 0 Å². The topological polar surface area (TPSA) is 9.72 Å². The Hall–Kier alpha value is -0.340. The Bertz CT molecular complexity index is 597. The van der Waals surface area contributed by atoms with Crippen LogP contribution in [0, 0.1) is 0 Å². The Morgan fingerprint density at radius 2 is 1.37 bits per heavy atom. The van der Waals surface area contributed by atoms with Gasteiger partial charge in [-0.3, -0.25) is 0 Å². The molecule has 0 radical (unpaired) electrons. The molecule has 2 heterocycles. The smallest absolute Gasteiger partial charge is 0.136 e. The average Bonchev–Trinajstić information content (AvgIpc) is 2.73. The lowest BCUT2D eigenvalue weighted by molar-refractivity contribution is 0.242. The molecule has 1 aromatic carbocycles. The Morgan fingerprint density at radius 1 is 0.778 bits per heavy atom. The van der Waals surface area contributed by atoms with Gasteiger partial charge in [0.2, 0.25) is 0 Å². The van der Waals surface area contributed by atoms with Crippen molar-refractivity contribution in [2.75, 3.05) is 51.6 Å². The Kier molecular flexibility index (Phi) is 9.19. The number of nitrogens with zero attached hydrogens (tertiary/aromatic N) is 3. The van der Waals surface area contributed by atoms with E-state index in [0.29, 0.717) is 0 Å². The van der Waals surface area contributed by atoms with Gasteiger partial charge in [0.05, 0.1) is 0 Å². The van der Waals surface area contributed by atoms with Gasteiger partial charge < -0.3 is 14.7 Å². The monoisotopic (exact) mass is 439 g/mol. The molecule has 1 aromatic rings. The van der Waals surface area contributed by atoms with Crippen LogP contribution in [-0.4, -0.2) is 74.9 Å². The van der Waals surface area contributed by atoms with Crippen LogP contribution < -0.4 is 0 Å². The molecule has 0 atom stereocenters. The number of piperidine rings is 1. The molecule has 0 aromatic heterocycles. The van der Waals surface area contributed by atoms with Crippen molar-refractivity contribution in [3.05, 3.63) is 35.9 Å². The number of rotatable bonds is 5. The molecule has 2 aliphatic heterocycles. The summed E-state index contributed by atoms with van der Waals surface area (Å²) in [5.74, 6) is 2.06. The maximum atomic E-state index is 5.67. The van der Waals surface area contributed by atoms with E-state index in [1.54, 1.807) is 11.8 Å². The fraction of sp³-hybridized carbons (Fsp3) is 0.600. The predicted molar refractivity (Wildman–Crippen MR) is 129 cm³/mol. The van der Waals surface area contributed by atoms with Crippen LogP contribution in [0.15, 0.2) is 30.3 Å². The second-order valence-electron chi connectivity index (χ2n) is 7.03. The van der Waals surface area contributed by atoms with Crippen LogP contribution in [0.25, 0.3) is 0 Å². The lowest BCUT2D eigenvalue weighted by Gasteiger charge is -2.37. The van der Waals surface area contributed by atoms with E-state index in [0.717, 1.165) is 46.3 Å². The van der Waals surface area contributed by atoms with E-state index in [2.05, 4.69) is 45.0 Å². The zero-order chi connectivity index (χ0) is 18.9. The second-order valence-corrected chi connectivity index (χ2v) is 10.4. The first kappa shape index (κ1) is 21.4. The summed E-state index contributed by atoms with van der Waals surface area (Å²) in [4.78, 5) is 7.27. The number of hydrogen-bond acceptors (Lipinski definition) is 5. The van der Waals surface area contributed by atoms with Crippen molar-refractivity contribution in [2.24, 2.45) is 0 Å². The molecule has 27 heavy (non-hydrogen) atoms. The van der Waals surface area contributed by atoms with Gasteiger partial charge in [0, 0.05) is 44.2 Å². The van der Waals surface area contributed by atoms with Gasteiger partial charge in [-0.1, -0.05) is 84.7 Å². The highest BCUT2D eigenvalue weighted by Gasteiger charge is 2.21. The van der Waals surface area contributed by atoms with Crippen molar-refractivity contribution in [3.63, 3.8) is 0 Å². The minimum absolute atomic E-state index is 0.949. The molecule has 3 nitrogen and oxygen atoms in total. The van der Waals surface area contributed by atoms with Crippen molar-refractivity contribution in [3.8, 4) is 0 Å². The van der Waals surface area contributed by atoms with Crippen LogP contribution >= 0.6 is 48.0 Å². The highest BCUT2D eigenvalue weighted by atomic mass is 32.2. The minimum atomic E-state index is 0.949. The third-order valence-corrected chi connectivity index (χ3v) is 8.18. The number of hydrogen-bond donors (Lipinski definition) is 0. The minimum Gasteiger partial charge on any atom is -0.354 e. The molecule has 0 amide bonds. The van der Waals surface area contributed by atoms with Crippen LogP contribution in [0.3, 0.4) is 0 Å². The molecule has 0 bridgehead atoms. The molecular weight excluding hydrogens is 411 g/mol. The number of thioether (sulfide) groups is 2. The lowest BCUT2D eigenvalue weighted by Crippen LogP contribution is -2.48. The van der Waals surface area contributed by atoms with E-state index < -0.39 is 0 Å². The molecule has 0 aliphatic carbocycles. The fourth-order valence-electron chi connectivity index (χ4n) is 3.42. The van der Waals surface area contributed by atoms with Gasteiger partial charge in [0.15, 0.2) is 0 Å². The van der Waals surface area contributed by atoms with Crippen LogP contribution in [0.5, 0.6) is 0 Å². The first-order chi connectivity index (χ1) is 13.2. The molecule has 2 aliphatic rings. The van der Waals surface area contributed by atoms with Gasteiger partial charge in [-0.2, -0.15) is 0 Å². The molecule has 2 saturated heterocycles.